The van der Waals surface area contributed by atoms with E-state index in [0.29, 0.717) is 12.0 Å². The molecule has 0 spiro atoms. The van der Waals surface area contributed by atoms with Crippen LogP contribution in [0, 0.1) is 5.82 Å². The second kappa shape index (κ2) is 8.10. The van der Waals surface area contributed by atoms with Crippen LogP contribution in [0.3, 0.4) is 0 Å². The number of ketones is 1. The Labute approximate surface area is 164 Å². The number of piperidine rings is 1. The summed E-state index contributed by atoms with van der Waals surface area (Å²) in [6.45, 7) is 2.66. The number of rotatable bonds is 6. The van der Waals surface area contributed by atoms with Gasteiger partial charge in [-0.25, -0.2) is 9.18 Å². The number of urea groups is 1. The van der Waals surface area contributed by atoms with Gasteiger partial charge in [0.2, 0.25) is 0 Å². The predicted molar refractivity (Wildman–Crippen MR) is 106 cm³/mol. The quantitative estimate of drug-likeness (QED) is 0.708. The Morgan fingerprint density at radius 3 is 2.54 bits per heavy atom. The molecule has 1 saturated heterocycles. The molecule has 2 aliphatic heterocycles. The van der Waals surface area contributed by atoms with Gasteiger partial charge in [0.1, 0.15) is 5.82 Å². The van der Waals surface area contributed by atoms with Gasteiger partial charge in [0.15, 0.2) is 5.78 Å². The molecule has 2 amide bonds. The number of anilines is 1. The molecule has 0 aliphatic carbocycles. The van der Waals surface area contributed by atoms with E-state index in [1.54, 1.807) is 12.1 Å². The highest BCUT2D eigenvalue weighted by atomic mass is 19.1. The third-order valence-electron chi connectivity index (χ3n) is 5.53. The monoisotopic (exact) mass is 380 g/mol. The van der Waals surface area contributed by atoms with E-state index in [0.717, 1.165) is 50.3 Å². The Morgan fingerprint density at radius 1 is 1.07 bits per heavy atom. The third kappa shape index (κ3) is 3.92. The van der Waals surface area contributed by atoms with E-state index in [4.69, 9.17) is 0 Å². The zero-order valence-electron chi connectivity index (χ0n) is 15.7. The standard InChI is InChI=1S/C22H23FN3O2/c23-17-9-7-16(8-10-17)21(27)6-3-13-25-14-11-18(12-15-25)26-20-5-2-1-4-19(20)24-22(26)28/h1-2,4-5,7-10,18H,3,6,11-15H2. The minimum absolute atomic E-state index is 0.0516. The maximum absolute atomic E-state index is 12.9. The molecule has 28 heavy (non-hydrogen) atoms. The summed E-state index contributed by atoms with van der Waals surface area (Å²) >= 11 is 0. The van der Waals surface area contributed by atoms with Crippen molar-refractivity contribution in [2.45, 2.75) is 31.7 Å². The molecule has 2 aliphatic rings. The highest BCUT2D eigenvalue weighted by Gasteiger charge is 2.35. The van der Waals surface area contributed by atoms with E-state index in [9.17, 15) is 14.0 Å². The van der Waals surface area contributed by atoms with Crippen molar-refractivity contribution in [3.8, 4) is 0 Å². The maximum Gasteiger partial charge on any atom is 0.348 e. The van der Waals surface area contributed by atoms with Gasteiger partial charge >= 0.3 is 6.03 Å². The number of carbonyl (C=O) groups excluding carboxylic acids is 2. The number of hydrogen-bond donors (Lipinski definition) is 0. The second-order valence-electron chi connectivity index (χ2n) is 7.36. The Hall–Kier alpha value is -2.73. The van der Waals surface area contributed by atoms with Gasteiger partial charge in [-0.3, -0.25) is 9.69 Å². The van der Waals surface area contributed by atoms with Gasteiger partial charge in [0.05, 0.1) is 11.4 Å². The summed E-state index contributed by atoms with van der Waals surface area (Å²) < 4.78 is 12.9. The molecule has 145 valence electrons. The molecule has 0 atom stereocenters. The minimum Gasteiger partial charge on any atom is -0.303 e. The van der Waals surface area contributed by atoms with Gasteiger partial charge in [-0.15, -0.1) is 0 Å². The van der Waals surface area contributed by atoms with Gasteiger partial charge in [0, 0.05) is 31.1 Å². The van der Waals surface area contributed by atoms with Gasteiger partial charge < -0.3 is 4.90 Å². The van der Waals surface area contributed by atoms with E-state index < -0.39 is 0 Å². The maximum atomic E-state index is 12.9. The summed E-state index contributed by atoms with van der Waals surface area (Å²) in [5.74, 6) is -0.276. The van der Waals surface area contributed by atoms with Gasteiger partial charge in [-0.05, 0) is 62.2 Å². The summed E-state index contributed by atoms with van der Waals surface area (Å²) in [7, 11) is 0. The molecule has 1 fully saturated rings. The number of para-hydroxylation sites is 2. The molecule has 0 bridgehead atoms. The van der Waals surface area contributed by atoms with E-state index in [1.165, 1.54) is 12.1 Å². The first kappa shape index (κ1) is 18.6. The van der Waals surface area contributed by atoms with E-state index in [-0.39, 0.29) is 23.7 Å². The zero-order chi connectivity index (χ0) is 19.5. The number of carbonyl (C=O) groups is 2. The molecule has 0 unspecified atom stereocenters. The number of hydrogen-bond acceptors (Lipinski definition) is 3. The second-order valence-corrected chi connectivity index (χ2v) is 7.36. The van der Waals surface area contributed by atoms with Crippen LogP contribution in [0.2, 0.25) is 0 Å². The van der Waals surface area contributed by atoms with Gasteiger partial charge in [-0.1, -0.05) is 12.1 Å². The van der Waals surface area contributed by atoms with Crippen LogP contribution < -0.4 is 10.2 Å². The van der Waals surface area contributed by atoms with Crippen LogP contribution in [0.15, 0.2) is 48.5 Å². The van der Waals surface area contributed by atoms with Crippen molar-refractivity contribution in [3.63, 3.8) is 0 Å². The van der Waals surface area contributed by atoms with Crippen molar-refractivity contribution in [1.82, 2.24) is 10.2 Å². The lowest BCUT2D eigenvalue weighted by molar-refractivity contribution is 0.0972. The van der Waals surface area contributed by atoms with Crippen LogP contribution in [0.25, 0.3) is 0 Å². The number of likely N-dealkylation sites (tertiary alicyclic amines) is 1. The van der Waals surface area contributed by atoms with Crippen LogP contribution in [0.4, 0.5) is 20.6 Å². The Morgan fingerprint density at radius 2 is 1.79 bits per heavy atom. The average molecular weight is 380 g/mol. The molecular weight excluding hydrogens is 357 g/mol. The summed E-state index contributed by atoms with van der Waals surface area (Å²) in [5, 5.41) is 4.14. The van der Waals surface area contributed by atoms with Crippen LogP contribution >= 0.6 is 0 Å². The first-order valence-corrected chi connectivity index (χ1v) is 9.77. The fourth-order valence-electron chi connectivity index (χ4n) is 4.02. The van der Waals surface area contributed by atoms with E-state index in [1.807, 2.05) is 29.2 Å². The lowest BCUT2D eigenvalue weighted by Crippen LogP contribution is -2.46. The van der Waals surface area contributed by atoms with Gasteiger partial charge in [0.25, 0.3) is 0 Å². The Bertz CT molecular complexity index is 860. The number of benzene rings is 2. The minimum atomic E-state index is -0.327. The van der Waals surface area contributed by atoms with E-state index in [2.05, 4.69) is 10.2 Å². The summed E-state index contributed by atoms with van der Waals surface area (Å²) in [6, 6.07) is 13.4. The van der Waals surface area contributed by atoms with E-state index >= 15 is 0 Å². The average Bonchev–Trinajstić information content (AvgIpc) is 3.05. The molecule has 2 heterocycles. The van der Waals surface area contributed by atoms with Crippen molar-refractivity contribution in [2.75, 3.05) is 24.5 Å². The molecule has 1 radical (unpaired) electrons. The number of fused-ring (bicyclic) bond motifs is 1. The lowest BCUT2D eigenvalue weighted by Gasteiger charge is -2.36. The lowest BCUT2D eigenvalue weighted by atomic mass is 10.0. The Balaban J connectivity index is 1.24. The first-order chi connectivity index (χ1) is 13.6. The zero-order valence-corrected chi connectivity index (χ0v) is 15.7. The normalized spacial score (nSPS) is 17.5. The number of nitrogens with zero attached hydrogens (tertiary/aromatic N) is 3. The van der Waals surface area contributed by atoms with Crippen molar-refractivity contribution < 1.29 is 14.0 Å². The SMILES string of the molecule is O=C(CCCN1CCC(N2C(=O)[N]c3ccccc32)CC1)c1ccc(F)cc1. The van der Waals surface area contributed by atoms with Crippen molar-refractivity contribution in [2.24, 2.45) is 0 Å². The third-order valence-corrected chi connectivity index (χ3v) is 5.53. The molecule has 5 nitrogen and oxygen atoms in total. The van der Waals surface area contributed by atoms with Crippen LogP contribution in [-0.4, -0.2) is 42.4 Å². The molecule has 0 aromatic heterocycles. The molecular formula is C22H23FN3O2. The van der Waals surface area contributed by atoms with Crippen LogP contribution in [0.1, 0.15) is 36.0 Å². The highest BCUT2D eigenvalue weighted by molar-refractivity contribution is 6.04. The molecule has 0 N–H and O–H groups in total. The molecule has 6 heteroatoms. The topological polar surface area (TPSA) is 54.7 Å². The molecule has 2 aromatic carbocycles. The molecule has 0 saturated carbocycles. The number of amides is 2. The Kier molecular flexibility index (Phi) is 5.39. The number of halogens is 1. The van der Waals surface area contributed by atoms with Crippen molar-refractivity contribution in [3.05, 3.63) is 59.9 Å². The number of Topliss-reactive ketones (excluding diaryl/α,β-unsaturated/α-hetero) is 1. The predicted octanol–water partition coefficient (Wildman–Crippen LogP) is 4.13. The fraction of sp³-hybridized carbons (Fsp3) is 0.364. The van der Waals surface area contributed by atoms with Crippen LogP contribution in [0.5, 0.6) is 0 Å². The first-order valence-electron chi connectivity index (χ1n) is 9.77. The summed E-state index contributed by atoms with van der Waals surface area (Å²) in [5.41, 5.74) is 2.24. The van der Waals surface area contributed by atoms with Gasteiger partial charge in [-0.2, -0.15) is 5.32 Å². The van der Waals surface area contributed by atoms with Crippen molar-refractivity contribution >= 4 is 23.2 Å². The van der Waals surface area contributed by atoms with Crippen molar-refractivity contribution in [1.29, 1.82) is 0 Å². The van der Waals surface area contributed by atoms with Crippen LogP contribution in [-0.2, 0) is 0 Å². The largest absolute Gasteiger partial charge is 0.348 e. The smallest absolute Gasteiger partial charge is 0.303 e. The molecule has 4 rings (SSSR count). The highest BCUT2D eigenvalue weighted by Crippen LogP contribution is 2.35. The fourth-order valence-corrected chi connectivity index (χ4v) is 4.02. The summed E-state index contributed by atoms with van der Waals surface area (Å²) in [6.07, 6.45) is 3.05. The summed E-state index contributed by atoms with van der Waals surface area (Å²) in [4.78, 5) is 28.7. The molecule has 2 aromatic rings.